The fourth-order valence-corrected chi connectivity index (χ4v) is 3.15. The molecule has 162 valence electrons. The molecule has 1 aliphatic heterocycles. The van der Waals surface area contributed by atoms with Crippen LogP contribution in [0.2, 0.25) is 0 Å². The summed E-state index contributed by atoms with van der Waals surface area (Å²) in [6, 6.07) is 5.35. The van der Waals surface area contributed by atoms with E-state index >= 15 is 0 Å². The van der Waals surface area contributed by atoms with E-state index in [1.54, 1.807) is 0 Å². The normalized spacial score (nSPS) is 15.8. The van der Waals surface area contributed by atoms with Crippen molar-refractivity contribution in [3.05, 3.63) is 65.0 Å². The molecule has 1 atom stereocenters. The average molecular weight is 463 g/mol. The molecule has 1 fully saturated rings. The van der Waals surface area contributed by atoms with E-state index in [1.165, 1.54) is 12.1 Å². The summed E-state index contributed by atoms with van der Waals surface area (Å²) in [6.07, 6.45) is -4.84. The van der Waals surface area contributed by atoms with E-state index < -0.39 is 35.6 Å². The second kappa shape index (κ2) is 10.4. The van der Waals surface area contributed by atoms with Crippen LogP contribution in [0.4, 0.5) is 26.3 Å². The van der Waals surface area contributed by atoms with Crippen LogP contribution in [-0.4, -0.2) is 37.4 Å². The number of nitrogens with zero attached hydrogens (tertiary/aromatic N) is 1. The van der Waals surface area contributed by atoms with E-state index in [0.29, 0.717) is 37.8 Å². The van der Waals surface area contributed by atoms with Crippen LogP contribution in [-0.2, 0) is 0 Å². The molecule has 29 heavy (non-hydrogen) atoms. The first-order valence-corrected chi connectivity index (χ1v) is 8.19. The number of hydrogen-bond donors (Lipinski definition) is 1. The number of alkyl halides is 3. The molecule has 0 aliphatic carbocycles. The van der Waals surface area contributed by atoms with Crippen molar-refractivity contribution in [2.45, 2.75) is 12.4 Å². The molecule has 0 unspecified atom stereocenters. The maximum atomic E-state index is 14.4. The molecular formula is C18H18Cl2F6N2O. The Bertz CT molecular complexity index is 798. The van der Waals surface area contributed by atoms with Gasteiger partial charge in [-0.1, -0.05) is 12.1 Å². The highest BCUT2D eigenvalue weighted by Crippen LogP contribution is 2.34. The van der Waals surface area contributed by atoms with Crippen molar-refractivity contribution in [1.82, 2.24) is 10.2 Å². The molecule has 0 saturated carbocycles. The SMILES string of the molecule is Cl.Cl.Fc1cc(F)c(F)c([C@H](c2ccc(OC(F)(F)F)cc2)N2CCNCC2)c1. The Hall–Kier alpha value is -1.68. The van der Waals surface area contributed by atoms with Gasteiger partial charge in [-0.2, -0.15) is 0 Å². The minimum atomic E-state index is -4.84. The summed E-state index contributed by atoms with van der Waals surface area (Å²) in [4.78, 5) is 1.81. The molecule has 2 aromatic carbocycles. The summed E-state index contributed by atoms with van der Waals surface area (Å²) in [5.41, 5.74) is 0.189. The van der Waals surface area contributed by atoms with Crippen molar-refractivity contribution in [2.75, 3.05) is 26.2 Å². The zero-order valence-corrected chi connectivity index (χ0v) is 16.4. The van der Waals surface area contributed by atoms with Gasteiger partial charge >= 0.3 is 6.36 Å². The van der Waals surface area contributed by atoms with Crippen molar-refractivity contribution in [3.63, 3.8) is 0 Å². The highest BCUT2D eigenvalue weighted by Gasteiger charge is 2.32. The molecule has 0 amide bonds. The first-order chi connectivity index (χ1) is 12.7. The molecule has 0 aromatic heterocycles. The summed E-state index contributed by atoms with van der Waals surface area (Å²) in [5, 5.41) is 3.12. The molecule has 2 aromatic rings. The van der Waals surface area contributed by atoms with Crippen LogP contribution in [0, 0.1) is 17.5 Å². The Morgan fingerprint density at radius 1 is 0.931 bits per heavy atom. The number of hydrogen-bond acceptors (Lipinski definition) is 3. The lowest BCUT2D eigenvalue weighted by Gasteiger charge is -2.35. The minimum Gasteiger partial charge on any atom is -0.406 e. The Kier molecular flexibility index (Phi) is 9.08. The number of nitrogens with one attached hydrogen (secondary N) is 1. The Morgan fingerprint density at radius 3 is 2.07 bits per heavy atom. The fourth-order valence-electron chi connectivity index (χ4n) is 3.15. The van der Waals surface area contributed by atoms with Gasteiger partial charge in [-0.25, -0.2) is 13.2 Å². The largest absolute Gasteiger partial charge is 0.573 e. The maximum Gasteiger partial charge on any atom is 0.573 e. The Morgan fingerprint density at radius 2 is 1.52 bits per heavy atom. The predicted molar refractivity (Wildman–Crippen MR) is 100 cm³/mol. The first kappa shape index (κ1) is 25.4. The van der Waals surface area contributed by atoms with Crippen molar-refractivity contribution >= 4 is 24.8 Å². The summed E-state index contributed by atoms with van der Waals surface area (Å²) in [7, 11) is 0. The highest BCUT2D eigenvalue weighted by atomic mass is 35.5. The van der Waals surface area contributed by atoms with Crippen molar-refractivity contribution in [1.29, 1.82) is 0 Å². The smallest absolute Gasteiger partial charge is 0.406 e. The second-order valence-corrected chi connectivity index (χ2v) is 6.10. The quantitative estimate of drug-likeness (QED) is 0.519. The zero-order chi connectivity index (χ0) is 19.6. The number of piperazine rings is 1. The average Bonchev–Trinajstić information content (AvgIpc) is 2.60. The summed E-state index contributed by atoms with van der Waals surface area (Å²) >= 11 is 0. The van der Waals surface area contributed by atoms with Crippen molar-refractivity contribution < 1.29 is 31.1 Å². The summed E-state index contributed by atoms with van der Waals surface area (Å²) < 4.78 is 82.7. The molecule has 3 rings (SSSR count). The van der Waals surface area contributed by atoms with Gasteiger partial charge in [0.1, 0.15) is 11.6 Å². The van der Waals surface area contributed by atoms with Crippen molar-refractivity contribution in [2.24, 2.45) is 0 Å². The third-order valence-electron chi connectivity index (χ3n) is 4.26. The van der Waals surface area contributed by atoms with Crippen LogP contribution in [0.15, 0.2) is 36.4 Å². The van der Waals surface area contributed by atoms with Gasteiger partial charge in [0, 0.05) is 37.8 Å². The van der Waals surface area contributed by atoms with E-state index in [-0.39, 0.29) is 30.4 Å². The van der Waals surface area contributed by atoms with E-state index in [1.807, 2.05) is 4.90 Å². The maximum absolute atomic E-state index is 14.4. The Balaban J connectivity index is 0.00000210. The first-order valence-electron chi connectivity index (χ1n) is 8.19. The van der Waals surface area contributed by atoms with Gasteiger partial charge in [-0.05, 0) is 23.8 Å². The van der Waals surface area contributed by atoms with Crippen molar-refractivity contribution in [3.8, 4) is 5.75 Å². The molecule has 3 nitrogen and oxygen atoms in total. The molecular weight excluding hydrogens is 445 g/mol. The fraction of sp³-hybridized carbons (Fsp3) is 0.333. The van der Waals surface area contributed by atoms with Crippen LogP contribution in [0.5, 0.6) is 5.75 Å². The standard InChI is InChI=1S/C18H16F6N2O.2ClH/c19-12-9-14(16(21)15(20)10-12)17(26-7-5-25-6-8-26)11-1-3-13(4-2-11)27-18(22,23)24;;/h1-4,9-10,17,25H,5-8H2;2*1H/t17-;;/m0../s1. The van der Waals surface area contributed by atoms with Gasteiger partial charge in [0.15, 0.2) is 11.6 Å². The van der Waals surface area contributed by atoms with Crippen LogP contribution in [0.1, 0.15) is 17.2 Å². The molecule has 1 N–H and O–H groups in total. The van der Waals surface area contributed by atoms with Crippen LogP contribution < -0.4 is 10.1 Å². The van der Waals surface area contributed by atoms with Crippen LogP contribution >= 0.6 is 24.8 Å². The van der Waals surface area contributed by atoms with Gasteiger partial charge in [0.25, 0.3) is 0 Å². The molecule has 1 heterocycles. The monoisotopic (exact) mass is 462 g/mol. The lowest BCUT2D eigenvalue weighted by molar-refractivity contribution is -0.274. The topological polar surface area (TPSA) is 24.5 Å². The Labute approximate surface area is 175 Å². The number of ether oxygens (including phenoxy) is 1. The summed E-state index contributed by atoms with van der Waals surface area (Å²) in [5.74, 6) is -3.87. The minimum absolute atomic E-state index is 0. The molecule has 0 spiro atoms. The van der Waals surface area contributed by atoms with Gasteiger partial charge in [0.05, 0.1) is 6.04 Å². The van der Waals surface area contributed by atoms with Gasteiger partial charge < -0.3 is 10.1 Å². The number of rotatable bonds is 4. The molecule has 11 heteroatoms. The van der Waals surface area contributed by atoms with E-state index in [9.17, 15) is 26.3 Å². The zero-order valence-electron chi connectivity index (χ0n) is 14.8. The molecule has 1 saturated heterocycles. The lowest BCUT2D eigenvalue weighted by Crippen LogP contribution is -2.45. The lowest BCUT2D eigenvalue weighted by atomic mass is 9.95. The van der Waals surface area contributed by atoms with Gasteiger partial charge in [-0.15, -0.1) is 38.0 Å². The van der Waals surface area contributed by atoms with Crippen LogP contribution in [0.25, 0.3) is 0 Å². The van der Waals surface area contributed by atoms with Gasteiger partial charge in [-0.3, -0.25) is 4.90 Å². The highest BCUT2D eigenvalue weighted by molar-refractivity contribution is 5.85. The summed E-state index contributed by atoms with van der Waals surface area (Å²) in [6.45, 7) is 2.13. The third kappa shape index (κ3) is 6.40. The number of benzene rings is 2. The molecule has 0 bridgehead atoms. The van der Waals surface area contributed by atoms with Gasteiger partial charge in [0.2, 0.25) is 0 Å². The number of halogens is 8. The van der Waals surface area contributed by atoms with E-state index in [4.69, 9.17) is 0 Å². The molecule has 1 aliphatic rings. The molecule has 0 radical (unpaired) electrons. The van der Waals surface area contributed by atoms with Crippen LogP contribution in [0.3, 0.4) is 0 Å². The third-order valence-corrected chi connectivity index (χ3v) is 4.26. The predicted octanol–water partition coefficient (Wildman–Crippen LogP) is 4.84. The van der Waals surface area contributed by atoms with E-state index in [2.05, 4.69) is 10.1 Å². The second-order valence-electron chi connectivity index (χ2n) is 6.10. The van der Waals surface area contributed by atoms with E-state index in [0.717, 1.165) is 18.2 Å².